The van der Waals surface area contributed by atoms with Gasteiger partial charge in [-0.25, -0.2) is 10.2 Å². The van der Waals surface area contributed by atoms with Crippen LogP contribution in [0.3, 0.4) is 0 Å². The van der Waals surface area contributed by atoms with E-state index < -0.39 is 0 Å². The Bertz CT molecular complexity index is 148. The highest BCUT2D eigenvalue weighted by Gasteiger charge is 1.89. The van der Waals surface area contributed by atoms with Crippen molar-refractivity contribution in [2.45, 2.75) is 25.7 Å². The maximum absolute atomic E-state index is 8.35. The quantitative estimate of drug-likeness (QED) is 0.192. The van der Waals surface area contributed by atoms with Gasteiger partial charge in [0.25, 0.3) is 0 Å². The summed E-state index contributed by atoms with van der Waals surface area (Å²) in [4.78, 5) is 8.35. The number of unbranched alkanes of at least 4 members (excludes halogenated alkanes) is 1. The van der Waals surface area contributed by atoms with Crippen molar-refractivity contribution in [2.75, 3.05) is 39.3 Å². The third-order valence-corrected chi connectivity index (χ3v) is 2.07. The van der Waals surface area contributed by atoms with E-state index in [0.29, 0.717) is 0 Å². The molecule has 0 amide bonds. The van der Waals surface area contributed by atoms with Crippen molar-refractivity contribution in [1.82, 2.24) is 10.6 Å². The number of hydrogen-bond acceptors (Lipinski definition) is 6. The molecule has 0 atom stereocenters. The standard InChI is InChI=1S/C10H26N4.CHNO/c11-5-3-9-13-7-1-2-8-14-10-4-6-12;2-1-3/h13-14H,1-12H2;2H. The summed E-state index contributed by atoms with van der Waals surface area (Å²) < 4.78 is 0. The fraction of sp³-hybridized carbons (Fsp3) is 0.909. The molecule has 6 nitrogen and oxygen atoms in total. The van der Waals surface area contributed by atoms with E-state index in [1.165, 1.54) is 12.8 Å². The van der Waals surface area contributed by atoms with E-state index in [0.717, 1.165) is 58.2 Å². The van der Waals surface area contributed by atoms with Crippen molar-refractivity contribution < 1.29 is 4.79 Å². The Morgan fingerprint density at radius 2 is 1.12 bits per heavy atom. The molecule has 0 spiro atoms. The zero-order valence-electron chi connectivity index (χ0n) is 10.6. The third kappa shape index (κ3) is 25.5. The molecule has 0 aliphatic carbocycles. The first-order chi connectivity index (χ1) is 8.33. The normalized spacial score (nSPS) is 9.29. The molecular formula is C11H27N5O. The smallest absolute Gasteiger partial charge is 0.231 e. The Morgan fingerprint density at radius 1 is 0.824 bits per heavy atom. The lowest BCUT2D eigenvalue weighted by molar-refractivity contribution is 0.563. The number of hydrogen-bond donors (Lipinski definition) is 5. The summed E-state index contributed by atoms with van der Waals surface area (Å²) in [6.45, 7) is 5.90. The fourth-order valence-corrected chi connectivity index (χ4v) is 1.20. The largest absolute Gasteiger partial charge is 0.330 e. The van der Waals surface area contributed by atoms with Gasteiger partial charge < -0.3 is 22.1 Å². The predicted octanol–water partition coefficient (Wildman–Crippen LogP) is -0.456. The first kappa shape index (κ1) is 18.6. The zero-order chi connectivity index (χ0) is 13.2. The van der Waals surface area contributed by atoms with Gasteiger partial charge in [-0.05, 0) is 65.0 Å². The van der Waals surface area contributed by atoms with Gasteiger partial charge in [0.2, 0.25) is 6.08 Å². The second-order valence-electron chi connectivity index (χ2n) is 3.59. The van der Waals surface area contributed by atoms with Gasteiger partial charge in [0.1, 0.15) is 0 Å². The molecule has 0 aromatic rings. The Labute approximate surface area is 104 Å². The molecule has 0 unspecified atom stereocenters. The maximum atomic E-state index is 8.35. The highest BCUT2D eigenvalue weighted by Crippen LogP contribution is 1.84. The van der Waals surface area contributed by atoms with E-state index in [1.54, 1.807) is 0 Å². The molecule has 7 N–H and O–H groups in total. The Morgan fingerprint density at radius 3 is 1.41 bits per heavy atom. The van der Waals surface area contributed by atoms with E-state index >= 15 is 0 Å². The second kappa shape index (κ2) is 20.6. The topological polar surface area (TPSA) is 117 Å². The molecule has 17 heavy (non-hydrogen) atoms. The average molecular weight is 245 g/mol. The van der Waals surface area contributed by atoms with Crippen LogP contribution < -0.4 is 22.1 Å². The Hall–Kier alpha value is -0.780. The van der Waals surface area contributed by atoms with Crippen molar-refractivity contribution in [3.63, 3.8) is 0 Å². The lowest BCUT2D eigenvalue weighted by Gasteiger charge is -2.04. The van der Waals surface area contributed by atoms with Crippen molar-refractivity contribution in [3.8, 4) is 0 Å². The van der Waals surface area contributed by atoms with Crippen molar-refractivity contribution in [3.05, 3.63) is 0 Å². The molecule has 0 bridgehead atoms. The lowest BCUT2D eigenvalue weighted by Crippen LogP contribution is -2.22. The minimum Gasteiger partial charge on any atom is -0.330 e. The maximum Gasteiger partial charge on any atom is 0.231 e. The van der Waals surface area contributed by atoms with Gasteiger partial charge in [0.05, 0.1) is 0 Å². The minimum atomic E-state index is 0.750. The number of carbonyl (C=O) groups excluding carboxylic acids is 1. The number of nitrogens with two attached hydrogens (primary N) is 2. The number of rotatable bonds is 11. The van der Waals surface area contributed by atoms with Crippen LogP contribution in [0.2, 0.25) is 0 Å². The minimum absolute atomic E-state index is 0.750. The highest BCUT2D eigenvalue weighted by molar-refractivity contribution is 5.26. The summed E-state index contributed by atoms with van der Waals surface area (Å²) >= 11 is 0. The van der Waals surface area contributed by atoms with Crippen LogP contribution in [-0.4, -0.2) is 45.3 Å². The van der Waals surface area contributed by atoms with Crippen LogP contribution in [-0.2, 0) is 4.79 Å². The predicted molar refractivity (Wildman–Crippen MR) is 70.7 cm³/mol. The van der Waals surface area contributed by atoms with E-state index in [1.807, 2.05) is 0 Å². The van der Waals surface area contributed by atoms with E-state index in [4.69, 9.17) is 21.7 Å². The van der Waals surface area contributed by atoms with Crippen LogP contribution in [0.4, 0.5) is 0 Å². The lowest BCUT2D eigenvalue weighted by atomic mass is 10.3. The molecule has 0 aromatic carbocycles. The van der Waals surface area contributed by atoms with Crippen LogP contribution in [0.5, 0.6) is 0 Å². The highest BCUT2D eigenvalue weighted by atomic mass is 16.1. The van der Waals surface area contributed by atoms with Crippen molar-refractivity contribution in [2.24, 2.45) is 11.5 Å². The van der Waals surface area contributed by atoms with Crippen LogP contribution in [0.15, 0.2) is 0 Å². The molecule has 0 saturated heterocycles. The van der Waals surface area contributed by atoms with Crippen molar-refractivity contribution >= 4 is 6.08 Å². The molecule has 0 aliphatic rings. The Kier molecular flexibility index (Phi) is 22.5. The monoisotopic (exact) mass is 245 g/mol. The summed E-state index contributed by atoms with van der Waals surface area (Å²) in [6.07, 6.45) is 5.38. The van der Waals surface area contributed by atoms with Gasteiger partial charge in [-0.15, -0.1) is 0 Å². The first-order valence-corrected chi connectivity index (χ1v) is 6.18. The summed E-state index contributed by atoms with van der Waals surface area (Å²) in [5.74, 6) is 0. The molecular weight excluding hydrogens is 218 g/mol. The average Bonchev–Trinajstić information content (AvgIpc) is 2.33. The molecule has 0 aromatic heterocycles. The summed E-state index contributed by atoms with van der Waals surface area (Å²) in [7, 11) is 0. The SMILES string of the molecule is N=C=O.NCCCNCCCCNCCCN. The summed E-state index contributed by atoms with van der Waals surface area (Å²) in [5, 5.41) is 12.1. The molecule has 0 heterocycles. The summed E-state index contributed by atoms with van der Waals surface area (Å²) in [5.41, 5.74) is 10.8. The van der Waals surface area contributed by atoms with Crippen LogP contribution in [0.1, 0.15) is 25.7 Å². The number of isocyanates is 1. The van der Waals surface area contributed by atoms with Gasteiger partial charge in [-0.2, -0.15) is 0 Å². The Balaban J connectivity index is 0. The van der Waals surface area contributed by atoms with Gasteiger partial charge in [-0.1, -0.05) is 0 Å². The molecule has 6 heteroatoms. The van der Waals surface area contributed by atoms with Crippen LogP contribution in [0.25, 0.3) is 0 Å². The van der Waals surface area contributed by atoms with Gasteiger partial charge in [0.15, 0.2) is 0 Å². The molecule has 0 radical (unpaired) electrons. The molecule has 0 aliphatic heterocycles. The molecule has 0 rings (SSSR count). The van der Waals surface area contributed by atoms with Crippen LogP contribution >= 0.6 is 0 Å². The van der Waals surface area contributed by atoms with Gasteiger partial charge in [-0.3, -0.25) is 0 Å². The zero-order valence-corrected chi connectivity index (χ0v) is 10.6. The van der Waals surface area contributed by atoms with Gasteiger partial charge in [0, 0.05) is 0 Å². The van der Waals surface area contributed by atoms with Gasteiger partial charge >= 0.3 is 0 Å². The fourth-order valence-electron chi connectivity index (χ4n) is 1.20. The second-order valence-corrected chi connectivity index (χ2v) is 3.59. The molecule has 0 saturated carbocycles. The molecule has 0 fully saturated rings. The number of nitrogens with one attached hydrogen (secondary N) is 3. The first-order valence-electron chi connectivity index (χ1n) is 6.18. The van der Waals surface area contributed by atoms with Crippen molar-refractivity contribution in [1.29, 1.82) is 5.41 Å². The summed E-state index contributed by atoms with van der Waals surface area (Å²) in [6, 6.07) is 0. The van der Waals surface area contributed by atoms with Crippen LogP contribution in [0, 0.1) is 5.41 Å². The van der Waals surface area contributed by atoms with E-state index in [-0.39, 0.29) is 0 Å². The third-order valence-electron chi connectivity index (χ3n) is 2.07. The van der Waals surface area contributed by atoms with E-state index in [2.05, 4.69) is 10.6 Å². The van der Waals surface area contributed by atoms with E-state index in [9.17, 15) is 0 Å². The molecule has 102 valence electrons.